The second-order valence-corrected chi connectivity index (χ2v) is 56.2. The summed E-state index contributed by atoms with van der Waals surface area (Å²) in [6.45, 7) is 14.2. The van der Waals surface area contributed by atoms with Gasteiger partial charge in [-0.25, -0.2) is 4.57 Å². The molecule has 0 bridgehead atoms. The lowest BCUT2D eigenvalue weighted by Crippen LogP contribution is -2.77. The summed E-state index contributed by atoms with van der Waals surface area (Å²) in [5.41, 5.74) is 30.3. The highest BCUT2D eigenvalue weighted by Crippen LogP contribution is 2.52. The summed E-state index contributed by atoms with van der Waals surface area (Å²) < 4.78 is 12.3. The second kappa shape index (κ2) is 34.3. The molecule has 9 aliphatic rings. The van der Waals surface area contributed by atoms with Crippen LogP contribution in [0.3, 0.4) is 0 Å². The highest BCUT2D eigenvalue weighted by atomic mass is 28.3. The minimum absolute atomic E-state index is 0.399. The van der Waals surface area contributed by atoms with Gasteiger partial charge in [-0.3, -0.25) is 0 Å². The van der Waals surface area contributed by atoms with Crippen molar-refractivity contribution in [3.8, 4) is 45.1 Å². The highest BCUT2D eigenvalue weighted by Gasteiger charge is 2.59. The molecule has 30 rings (SSSR count). The van der Waals surface area contributed by atoms with E-state index in [9.17, 15) is 0 Å². The van der Waals surface area contributed by atoms with Crippen LogP contribution in [0.15, 0.2) is 468 Å². The molecule has 0 N–H and O–H groups in total. The van der Waals surface area contributed by atoms with Crippen LogP contribution in [0.5, 0.6) is 0 Å². The smallest absolute Gasteiger partial charge is 0.294 e. The fourth-order valence-electron chi connectivity index (χ4n) is 27.4. The zero-order valence-corrected chi connectivity index (χ0v) is 87.0. The molecule has 0 spiro atoms. The van der Waals surface area contributed by atoms with E-state index >= 15 is 0 Å². The maximum absolute atomic E-state index is 2.65. The van der Waals surface area contributed by atoms with Gasteiger partial charge in [0.2, 0.25) is 11.9 Å². The van der Waals surface area contributed by atoms with Crippen LogP contribution in [0, 0.1) is 6.92 Å². The largest absolute Gasteiger partial charge is 0.352 e. The normalized spacial score (nSPS) is 15.4. The number of hydrogen-bond acceptors (Lipinski definition) is 4. The van der Waals surface area contributed by atoms with Gasteiger partial charge in [0, 0.05) is 84.2 Å². The quantitative estimate of drug-likeness (QED) is 0.0902. The van der Waals surface area contributed by atoms with Gasteiger partial charge in [-0.15, -0.1) is 9.36 Å². The highest BCUT2D eigenvalue weighted by molar-refractivity contribution is 7.23. The van der Waals surface area contributed by atoms with E-state index < -0.39 is 32.3 Å². The number of imidazole rings is 1. The maximum atomic E-state index is 2.65. The molecule has 145 heavy (non-hydrogen) atoms. The number of aromatic nitrogens is 5. The van der Waals surface area contributed by atoms with E-state index in [1.165, 1.54) is 213 Å². The van der Waals surface area contributed by atoms with Gasteiger partial charge in [0.25, 0.3) is 5.82 Å². The molecule has 0 radical (unpaired) electrons. The van der Waals surface area contributed by atoms with E-state index in [1.54, 1.807) is 5.19 Å². The number of nitrogens with zero attached hydrogens (tertiary/aromatic N) is 9. The summed E-state index contributed by atoms with van der Waals surface area (Å²) in [5, 5.41) is 24.8. The first kappa shape index (κ1) is 87.8. The van der Waals surface area contributed by atoms with Gasteiger partial charge >= 0.3 is 0 Å². The monoisotopic (exact) mass is 1930 g/mol. The Kier molecular flexibility index (Phi) is 20.8. The van der Waals surface area contributed by atoms with E-state index in [2.05, 4.69) is 566 Å². The molecule has 0 aliphatic carbocycles. The number of para-hydroxylation sites is 7. The summed E-state index contributed by atoms with van der Waals surface area (Å²) in [7, 11) is -3.23. The van der Waals surface area contributed by atoms with Gasteiger partial charge in [0.15, 0.2) is 51.6 Å². The molecule has 0 saturated heterocycles. The Bertz CT molecular complexity index is 8530. The van der Waals surface area contributed by atoms with Gasteiger partial charge in [-0.1, -0.05) is 428 Å². The van der Waals surface area contributed by atoms with Gasteiger partial charge in [-0.2, -0.15) is 9.13 Å². The Labute approximate surface area is 853 Å². The summed E-state index contributed by atoms with van der Waals surface area (Å²) in [5.74, 6) is 2.14. The van der Waals surface area contributed by atoms with Crippen molar-refractivity contribution in [3.63, 3.8) is 0 Å². The molecule has 0 amide bonds. The second-order valence-electron chi connectivity index (χ2n) is 41.3. The van der Waals surface area contributed by atoms with Crippen LogP contribution >= 0.6 is 0 Å². The van der Waals surface area contributed by atoms with Crippen molar-refractivity contribution in [2.75, 3.05) is 40.7 Å². The van der Waals surface area contributed by atoms with E-state index in [4.69, 9.17) is 0 Å². The average molecular weight is 1940 g/mol. The SMILES string of the molecule is CC(C)c1cccc(C(C)C)c1-n1cc[n+]2c1-c1ccc3c(c1C2)N(C)c1ccccc1[Si]3(c1ccccc1)c1ccccc1.CN1c2cccc3c2N2c4c(cccc4[Si]3(c3ccccc3)c3ccccc3)CC12.Cc1cc2[n+](cc1-c1ccccc1)Cc1c-2ccc2c1N(C)c1ccccc1[Si]2(c1ccccc1)c1ccccc1.c1ccc([Si]2(c3ccccc3)c3cccc4c3-n3c5c2cccc5c[n+]3C4)cc1. The molecule has 13 heteroatoms. The van der Waals surface area contributed by atoms with Crippen molar-refractivity contribution in [2.24, 2.45) is 0 Å². The lowest BCUT2D eigenvalue weighted by Gasteiger charge is -2.44. The fourth-order valence-corrected chi connectivity index (χ4v) is 48.3. The van der Waals surface area contributed by atoms with E-state index in [-0.39, 0.29) is 0 Å². The Morgan fingerprint density at radius 3 is 1.18 bits per heavy atom. The van der Waals surface area contributed by atoms with Crippen molar-refractivity contribution >= 4 is 166 Å². The Morgan fingerprint density at radius 2 is 0.683 bits per heavy atom. The van der Waals surface area contributed by atoms with Crippen LogP contribution < -0.4 is 116 Å². The van der Waals surface area contributed by atoms with Crippen LogP contribution in [0.2, 0.25) is 0 Å². The van der Waals surface area contributed by atoms with Crippen molar-refractivity contribution in [3.05, 3.63) is 507 Å². The number of fused-ring (bicyclic) bond motifs is 12. The number of likely N-dealkylation sites (N-methyl/N-ethyl adjacent to an activating group) is 1. The van der Waals surface area contributed by atoms with Crippen molar-refractivity contribution in [1.29, 1.82) is 0 Å². The minimum atomic E-state index is -2.63. The number of anilines is 7. The average Bonchev–Trinajstić information content (AvgIpc) is 1.38. The summed E-state index contributed by atoms with van der Waals surface area (Å²) in [6.07, 6.45) is 10.7. The molecule has 9 nitrogen and oxygen atoms in total. The molecule has 21 aromatic rings. The molecule has 698 valence electrons. The van der Waals surface area contributed by atoms with Gasteiger partial charge < -0.3 is 19.6 Å². The van der Waals surface area contributed by atoms with Crippen molar-refractivity contribution in [2.45, 2.75) is 78.7 Å². The summed E-state index contributed by atoms with van der Waals surface area (Å²) in [6, 6.07) is 166. The summed E-state index contributed by atoms with van der Waals surface area (Å²) >= 11 is 0. The number of pyridine rings is 1. The predicted molar refractivity (Wildman–Crippen MR) is 611 cm³/mol. The topological polar surface area (TPSA) is 34.5 Å². The predicted octanol–water partition coefficient (Wildman–Crippen LogP) is 16.8. The van der Waals surface area contributed by atoms with Crippen molar-refractivity contribution in [1.82, 2.24) is 9.25 Å². The fraction of sp³-hybridized carbons (Fsp3) is 0.114. The molecule has 0 fully saturated rings. The number of rotatable bonds is 12. The number of aryl methyl sites for hydroxylation is 1. The molecule has 12 heterocycles. The van der Waals surface area contributed by atoms with E-state index in [0.29, 0.717) is 18.0 Å². The van der Waals surface area contributed by atoms with Crippen molar-refractivity contribution < 1.29 is 13.8 Å². The third kappa shape index (κ3) is 12.7. The molecule has 18 aromatic carbocycles. The Balaban J connectivity index is 0.0000000975. The molecule has 1 unspecified atom stereocenters. The first-order valence-corrected chi connectivity index (χ1v) is 59.5. The molecule has 1 atom stereocenters. The standard InChI is InChI=1S/C41H40N3Si.C38H31N2Si.C27H22N2Si.C26H19N2Si/c1-28(2)32-19-14-20-33(29(3)4)39(32)44-26-25-43-27-35-34(41(43)44)23-24-38-40(35)42(5)36-21-12-13-22-37(36)45(38,30-15-8-6-9-16-30)31-17-10-7-11-18-31;1-27-24-35-31-22-23-37-38(33(31)26-40(35)25-32(27)28-14-6-3-7-15-28)39(2)34-20-12-13-21-36(34)41(37,29-16-8-4-9-17-29)30-18-10-5-11-19-30;1-28-22-15-9-17-24-27(22)29-25(28)18-19-10-8-16-23(26(19)29)30(24,20-11-4-2-5-12-20)21-13-6-3-7-14-21;1-3-11-21(12-4-1)29(22-13-5-2-6-14-22)23-15-7-9-19-17-27-18-20-10-8-16-24(29)26(20)28(27)25(19)23/h6-26,28-29H,27H2,1-5H3;3-25H,26H2,1-2H3;2-17,25H,18H2,1H3;1-17H,18H2/q2*+1;;+1. The number of benzene rings is 18. The lowest BCUT2D eigenvalue weighted by molar-refractivity contribution is -0.749. The number of hydrogen-bond donors (Lipinski definition) is 0. The Hall–Kier alpha value is -16.1. The molecular weight excluding hydrogens is 1820 g/mol. The minimum Gasteiger partial charge on any atom is -0.352 e. The van der Waals surface area contributed by atoms with Gasteiger partial charge in [0.1, 0.15) is 42.0 Å². The van der Waals surface area contributed by atoms with Crippen LogP contribution in [-0.4, -0.2) is 68.9 Å². The summed E-state index contributed by atoms with van der Waals surface area (Å²) in [4.78, 5) is 10.1. The zero-order valence-electron chi connectivity index (χ0n) is 83.0. The van der Waals surface area contributed by atoms with E-state index in [1.807, 2.05) is 0 Å². The third-order valence-electron chi connectivity index (χ3n) is 33.4. The van der Waals surface area contributed by atoms with E-state index in [0.717, 1.165) is 26.1 Å². The van der Waals surface area contributed by atoms with Crippen LogP contribution in [0.4, 0.5) is 39.8 Å². The molecule has 9 aliphatic heterocycles. The lowest BCUT2D eigenvalue weighted by atomic mass is 9.92. The Morgan fingerprint density at radius 1 is 0.303 bits per heavy atom. The molecular formula is C132H112N9Si4+3. The molecule has 0 saturated carbocycles. The van der Waals surface area contributed by atoms with Crippen LogP contribution in [0.25, 0.3) is 56.0 Å². The first-order valence-electron chi connectivity index (χ1n) is 51.5. The maximum Gasteiger partial charge on any atom is 0.294 e. The third-order valence-corrected chi connectivity index (χ3v) is 52.7. The van der Waals surface area contributed by atoms with Crippen LogP contribution in [0.1, 0.15) is 78.5 Å². The van der Waals surface area contributed by atoms with Crippen LogP contribution in [-0.2, 0) is 26.1 Å². The zero-order chi connectivity index (χ0) is 97.3. The van der Waals surface area contributed by atoms with Gasteiger partial charge in [-0.05, 0) is 155 Å². The van der Waals surface area contributed by atoms with Gasteiger partial charge in [0.05, 0.1) is 39.1 Å². The molecule has 3 aromatic heterocycles. The first-order chi connectivity index (χ1) is 71.3.